The van der Waals surface area contributed by atoms with Crippen LogP contribution in [-0.4, -0.2) is 23.1 Å². The molecule has 0 unspecified atom stereocenters. The van der Waals surface area contributed by atoms with Crippen molar-refractivity contribution >= 4 is 51.5 Å². The van der Waals surface area contributed by atoms with Crippen LogP contribution in [-0.2, 0) is 13.1 Å². The molecule has 152 valence electrons. The fourth-order valence-electron chi connectivity index (χ4n) is 2.88. The second-order valence-electron chi connectivity index (χ2n) is 6.33. The van der Waals surface area contributed by atoms with Crippen LogP contribution >= 0.6 is 35.3 Å². The van der Waals surface area contributed by atoms with Crippen LogP contribution in [0.3, 0.4) is 0 Å². The van der Waals surface area contributed by atoms with E-state index in [4.69, 9.17) is 8.94 Å². The average molecular weight is 523 g/mol. The molecule has 0 fully saturated rings. The zero-order chi connectivity index (χ0) is 19.5. The Bertz CT molecular complexity index is 1080. The number of hydrogen-bond donors (Lipinski definition) is 2. The maximum Gasteiger partial charge on any atom is 0.191 e. The lowest BCUT2D eigenvalue weighted by Gasteiger charge is -2.10. The highest BCUT2D eigenvalue weighted by Crippen LogP contribution is 2.31. The first-order chi connectivity index (χ1) is 13.6. The molecule has 0 amide bonds. The molecule has 4 rings (SSSR count). The van der Waals surface area contributed by atoms with Crippen LogP contribution in [0.1, 0.15) is 22.8 Å². The second-order valence-corrected chi connectivity index (χ2v) is 7.37. The van der Waals surface area contributed by atoms with Gasteiger partial charge in [0.15, 0.2) is 16.7 Å². The number of fused-ring (bicyclic) bond motifs is 1. The summed E-state index contributed by atoms with van der Waals surface area (Å²) < 4.78 is 12.3. The lowest BCUT2D eigenvalue weighted by Crippen LogP contribution is -2.36. The first-order valence-electron chi connectivity index (χ1n) is 8.95. The van der Waals surface area contributed by atoms with Gasteiger partial charge in [-0.05, 0) is 38.1 Å². The molecule has 4 aromatic rings. The standard InChI is InChI=1S/C20H21N5O2S.HI/c1-12-15(13(2)27-25-12)11-23-20(21-3)22-10-14-8-9-17(26-14)19-24-16-6-4-5-7-18(16)28-19;/h4-9H,10-11H2,1-3H3,(H2,21,22,23);1H. The van der Waals surface area contributed by atoms with E-state index in [0.29, 0.717) is 19.0 Å². The minimum absolute atomic E-state index is 0. The van der Waals surface area contributed by atoms with E-state index in [0.717, 1.165) is 43.8 Å². The fraction of sp³-hybridized carbons (Fsp3) is 0.250. The van der Waals surface area contributed by atoms with Crippen LogP contribution < -0.4 is 10.6 Å². The molecular formula is C20H22IN5O2S. The molecule has 0 aliphatic rings. The number of halogens is 1. The van der Waals surface area contributed by atoms with Crippen molar-refractivity contribution in [2.45, 2.75) is 26.9 Å². The van der Waals surface area contributed by atoms with E-state index in [1.54, 1.807) is 18.4 Å². The predicted octanol–water partition coefficient (Wildman–Crippen LogP) is 4.64. The topological polar surface area (TPSA) is 88.5 Å². The van der Waals surface area contributed by atoms with Crippen molar-refractivity contribution in [3.63, 3.8) is 0 Å². The number of hydrogen-bond acceptors (Lipinski definition) is 6. The summed E-state index contributed by atoms with van der Waals surface area (Å²) in [5.74, 6) is 3.08. The summed E-state index contributed by atoms with van der Waals surface area (Å²) in [6.07, 6.45) is 0. The average Bonchev–Trinajstić information content (AvgIpc) is 3.41. The van der Waals surface area contributed by atoms with Gasteiger partial charge in [-0.3, -0.25) is 4.99 Å². The highest BCUT2D eigenvalue weighted by atomic mass is 127. The summed E-state index contributed by atoms with van der Waals surface area (Å²) in [6, 6.07) is 12.0. The lowest BCUT2D eigenvalue weighted by molar-refractivity contribution is 0.392. The third-order valence-corrected chi connectivity index (χ3v) is 5.48. The maximum atomic E-state index is 5.96. The molecule has 0 aliphatic carbocycles. The van der Waals surface area contributed by atoms with Gasteiger partial charge in [-0.1, -0.05) is 17.3 Å². The van der Waals surface area contributed by atoms with Gasteiger partial charge in [0.1, 0.15) is 11.5 Å². The van der Waals surface area contributed by atoms with Crippen LogP contribution in [0.25, 0.3) is 21.0 Å². The van der Waals surface area contributed by atoms with Crippen LogP contribution in [0.15, 0.2) is 50.3 Å². The van der Waals surface area contributed by atoms with E-state index >= 15 is 0 Å². The van der Waals surface area contributed by atoms with E-state index in [2.05, 4.69) is 31.8 Å². The zero-order valence-electron chi connectivity index (χ0n) is 16.4. The van der Waals surface area contributed by atoms with Gasteiger partial charge in [-0.2, -0.15) is 0 Å². The summed E-state index contributed by atoms with van der Waals surface area (Å²) >= 11 is 1.63. The third kappa shape index (κ3) is 4.78. The van der Waals surface area contributed by atoms with Gasteiger partial charge in [0.05, 0.1) is 22.5 Å². The number of furan rings is 1. The Morgan fingerprint density at radius 1 is 1.10 bits per heavy atom. The van der Waals surface area contributed by atoms with Crippen molar-refractivity contribution < 1.29 is 8.94 Å². The van der Waals surface area contributed by atoms with E-state index in [1.165, 1.54) is 0 Å². The van der Waals surface area contributed by atoms with Crippen molar-refractivity contribution in [3.8, 4) is 10.8 Å². The summed E-state index contributed by atoms with van der Waals surface area (Å²) in [4.78, 5) is 8.88. The summed E-state index contributed by atoms with van der Waals surface area (Å²) in [7, 11) is 1.73. The molecule has 1 aromatic carbocycles. The van der Waals surface area contributed by atoms with Gasteiger partial charge in [0.25, 0.3) is 0 Å². The number of para-hydroxylation sites is 1. The Kier molecular flexibility index (Phi) is 6.91. The van der Waals surface area contributed by atoms with E-state index in [-0.39, 0.29) is 24.0 Å². The number of rotatable bonds is 5. The molecule has 0 spiro atoms. The molecule has 9 heteroatoms. The van der Waals surface area contributed by atoms with Crippen LogP contribution in [0, 0.1) is 13.8 Å². The first-order valence-corrected chi connectivity index (χ1v) is 9.76. The number of benzene rings is 1. The lowest BCUT2D eigenvalue weighted by atomic mass is 10.2. The van der Waals surface area contributed by atoms with Crippen molar-refractivity contribution in [2.75, 3.05) is 7.05 Å². The fourth-order valence-corrected chi connectivity index (χ4v) is 3.81. The van der Waals surface area contributed by atoms with Crippen molar-refractivity contribution in [1.82, 2.24) is 20.8 Å². The summed E-state index contributed by atoms with van der Waals surface area (Å²) in [6.45, 7) is 4.94. The van der Waals surface area contributed by atoms with Crippen LogP contribution in [0.5, 0.6) is 0 Å². The molecule has 2 N–H and O–H groups in total. The predicted molar refractivity (Wildman–Crippen MR) is 126 cm³/mol. The van der Waals surface area contributed by atoms with E-state index in [9.17, 15) is 0 Å². The van der Waals surface area contributed by atoms with Crippen LogP contribution in [0.2, 0.25) is 0 Å². The second kappa shape index (κ2) is 9.40. The zero-order valence-corrected chi connectivity index (χ0v) is 19.5. The van der Waals surface area contributed by atoms with Gasteiger partial charge in [0, 0.05) is 19.2 Å². The monoisotopic (exact) mass is 523 g/mol. The van der Waals surface area contributed by atoms with Gasteiger partial charge < -0.3 is 19.6 Å². The minimum Gasteiger partial charge on any atom is -0.457 e. The Balaban J connectivity index is 0.00000240. The Morgan fingerprint density at radius 2 is 1.90 bits per heavy atom. The molecule has 0 radical (unpaired) electrons. The maximum absolute atomic E-state index is 5.96. The summed E-state index contributed by atoms with van der Waals surface area (Å²) in [5, 5.41) is 11.4. The molecule has 0 aliphatic heterocycles. The molecule has 0 bridgehead atoms. The Labute approximate surface area is 189 Å². The van der Waals surface area contributed by atoms with Gasteiger partial charge >= 0.3 is 0 Å². The molecule has 3 aromatic heterocycles. The molecule has 29 heavy (non-hydrogen) atoms. The van der Waals surface area contributed by atoms with Gasteiger partial charge in [0.2, 0.25) is 0 Å². The van der Waals surface area contributed by atoms with E-state index in [1.807, 2.05) is 44.2 Å². The normalized spacial score (nSPS) is 11.5. The molecule has 3 heterocycles. The number of aryl methyl sites for hydroxylation is 2. The number of nitrogens with zero attached hydrogens (tertiary/aromatic N) is 3. The Morgan fingerprint density at radius 3 is 2.62 bits per heavy atom. The summed E-state index contributed by atoms with van der Waals surface area (Å²) in [5.41, 5.74) is 2.91. The van der Waals surface area contributed by atoms with Crippen molar-refractivity contribution in [2.24, 2.45) is 4.99 Å². The molecule has 0 atom stereocenters. The first kappa shape index (κ1) is 21.3. The van der Waals surface area contributed by atoms with Crippen molar-refractivity contribution in [3.05, 3.63) is 59.2 Å². The highest BCUT2D eigenvalue weighted by Gasteiger charge is 2.12. The number of guanidine groups is 1. The van der Waals surface area contributed by atoms with Crippen molar-refractivity contribution in [1.29, 1.82) is 0 Å². The van der Waals surface area contributed by atoms with E-state index < -0.39 is 0 Å². The smallest absolute Gasteiger partial charge is 0.191 e. The van der Waals surface area contributed by atoms with Crippen LogP contribution in [0.4, 0.5) is 0 Å². The largest absolute Gasteiger partial charge is 0.457 e. The molecule has 7 nitrogen and oxygen atoms in total. The number of aromatic nitrogens is 2. The molecule has 0 saturated carbocycles. The number of nitrogens with one attached hydrogen (secondary N) is 2. The SMILES string of the molecule is CN=C(NCc1ccc(-c2nc3ccccc3s2)o1)NCc1c(C)noc1C.I. The minimum atomic E-state index is 0. The number of aliphatic imine (C=N–C) groups is 1. The third-order valence-electron chi connectivity index (χ3n) is 4.43. The van der Waals surface area contributed by atoms with Gasteiger partial charge in [-0.25, -0.2) is 4.98 Å². The molecule has 0 saturated heterocycles. The Hall–Kier alpha value is -2.40. The van der Waals surface area contributed by atoms with Gasteiger partial charge in [-0.15, -0.1) is 35.3 Å². The highest BCUT2D eigenvalue weighted by molar-refractivity contribution is 14.0. The molecular weight excluding hydrogens is 501 g/mol. The number of thiazole rings is 1. The quantitative estimate of drug-likeness (QED) is 0.225.